The maximum atomic E-state index is 11.8. The van der Waals surface area contributed by atoms with Gasteiger partial charge in [0.05, 0.1) is 6.61 Å². The highest BCUT2D eigenvalue weighted by atomic mass is 16.6. The van der Waals surface area contributed by atoms with Crippen LogP contribution in [0.1, 0.15) is 23.8 Å². The van der Waals surface area contributed by atoms with Gasteiger partial charge in [-0.05, 0) is 28.9 Å². The first-order valence-corrected chi connectivity index (χ1v) is 5.83. The average Bonchev–Trinajstić information content (AvgIpc) is 2.83. The summed E-state index contributed by atoms with van der Waals surface area (Å²) >= 11 is 0. The summed E-state index contributed by atoms with van der Waals surface area (Å²) in [6.45, 7) is 2.64. The molecular weight excluding hydrogens is 248 g/mol. The first kappa shape index (κ1) is 12.9. The first-order chi connectivity index (χ1) is 9.20. The number of nitrogen functional groups attached to an aromatic ring is 1. The number of aromatic nitrogens is 2. The van der Waals surface area contributed by atoms with Crippen LogP contribution in [-0.4, -0.2) is 22.8 Å². The van der Waals surface area contributed by atoms with Crippen molar-refractivity contribution in [3.8, 4) is 5.75 Å². The van der Waals surface area contributed by atoms with E-state index in [9.17, 15) is 4.79 Å². The molecule has 3 N–H and O–H groups in total. The Labute approximate surface area is 109 Å². The number of carbonyl (C=O) groups is 1. The van der Waals surface area contributed by atoms with Crippen LogP contribution >= 0.6 is 0 Å². The Morgan fingerprint density at radius 3 is 3.00 bits per heavy atom. The van der Waals surface area contributed by atoms with E-state index in [0.29, 0.717) is 18.0 Å². The van der Waals surface area contributed by atoms with Crippen LogP contribution < -0.4 is 15.8 Å². The van der Waals surface area contributed by atoms with Crippen molar-refractivity contribution in [2.45, 2.75) is 13.3 Å². The molecule has 7 nitrogen and oxygen atoms in total. The van der Waals surface area contributed by atoms with E-state index in [1.807, 2.05) is 13.0 Å². The number of anilines is 2. The van der Waals surface area contributed by atoms with Crippen LogP contribution in [0.2, 0.25) is 0 Å². The van der Waals surface area contributed by atoms with E-state index in [1.165, 1.54) is 0 Å². The summed E-state index contributed by atoms with van der Waals surface area (Å²) in [6, 6.07) is 7.06. The number of hydrogen-bond acceptors (Lipinski definition) is 6. The van der Waals surface area contributed by atoms with Crippen molar-refractivity contribution in [2.75, 3.05) is 17.7 Å². The fraction of sp³-hybridized carbons (Fsp3) is 0.250. The molecule has 0 bridgehead atoms. The topological polar surface area (TPSA) is 103 Å². The predicted molar refractivity (Wildman–Crippen MR) is 68.9 cm³/mol. The second-order valence-electron chi connectivity index (χ2n) is 3.83. The molecule has 0 spiro atoms. The van der Waals surface area contributed by atoms with Crippen molar-refractivity contribution in [3.05, 3.63) is 30.0 Å². The summed E-state index contributed by atoms with van der Waals surface area (Å²) in [7, 11) is 0. The summed E-state index contributed by atoms with van der Waals surface area (Å²) in [5, 5.41) is 9.41. The van der Waals surface area contributed by atoms with Gasteiger partial charge in [-0.3, -0.25) is 4.79 Å². The van der Waals surface area contributed by atoms with Crippen LogP contribution in [0.4, 0.5) is 11.5 Å². The fourth-order valence-electron chi connectivity index (χ4n) is 1.43. The van der Waals surface area contributed by atoms with Crippen molar-refractivity contribution in [1.82, 2.24) is 10.3 Å². The molecule has 1 amide bonds. The number of ether oxygens (including phenoxy) is 1. The fourth-order valence-corrected chi connectivity index (χ4v) is 1.43. The van der Waals surface area contributed by atoms with Gasteiger partial charge in [0, 0.05) is 11.8 Å². The van der Waals surface area contributed by atoms with E-state index in [2.05, 4.69) is 20.3 Å². The Kier molecular flexibility index (Phi) is 3.97. The lowest BCUT2D eigenvalue weighted by Gasteiger charge is -2.07. The molecule has 0 atom stereocenters. The molecule has 0 fully saturated rings. The quantitative estimate of drug-likeness (QED) is 0.849. The molecule has 2 rings (SSSR count). The van der Waals surface area contributed by atoms with E-state index in [4.69, 9.17) is 10.5 Å². The number of benzene rings is 1. The lowest BCUT2D eigenvalue weighted by Crippen LogP contribution is -2.14. The zero-order chi connectivity index (χ0) is 13.7. The molecule has 19 heavy (non-hydrogen) atoms. The summed E-state index contributed by atoms with van der Waals surface area (Å²) in [6.07, 6.45) is 0.914. The Hall–Kier alpha value is -2.57. The number of hydrogen-bond donors (Lipinski definition) is 2. The molecule has 2 aromatic rings. The SMILES string of the molecule is CCCOc1cccc(NC(=O)c2nonc2N)c1. The summed E-state index contributed by atoms with van der Waals surface area (Å²) in [5.41, 5.74) is 5.98. The van der Waals surface area contributed by atoms with Crippen molar-refractivity contribution in [1.29, 1.82) is 0 Å². The van der Waals surface area contributed by atoms with Gasteiger partial charge in [-0.2, -0.15) is 0 Å². The zero-order valence-electron chi connectivity index (χ0n) is 10.4. The lowest BCUT2D eigenvalue weighted by atomic mass is 10.3. The second kappa shape index (κ2) is 5.85. The van der Waals surface area contributed by atoms with Gasteiger partial charge in [0.25, 0.3) is 5.91 Å². The molecule has 0 aliphatic heterocycles. The molecule has 0 saturated heterocycles. The maximum Gasteiger partial charge on any atom is 0.281 e. The van der Waals surface area contributed by atoms with Gasteiger partial charge in [-0.15, -0.1) is 0 Å². The number of nitrogens with zero attached hydrogens (tertiary/aromatic N) is 2. The molecule has 0 aliphatic carbocycles. The third kappa shape index (κ3) is 3.21. The van der Waals surface area contributed by atoms with Crippen LogP contribution in [0.25, 0.3) is 0 Å². The molecule has 0 aliphatic rings. The van der Waals surface area contributed by atoms with Gasteiger partial charge in [0.1, 0.15) is 5.75 Å². The van der Waals surface area contributed by atoms with Crippen molar-refractivity contribution in [3.63, 3.8) is 0 Å². The third-order valence-electron chi connectivity index (χ3n) is 2.29. The van der Waals surface area contributed by atoms with E-state index in [1.54, 1.807) is 18.2 Å². The van der Waals surface area contributed by atoms with Gasteiger partial charge >= 0.3 is 0 Å². The average molecular weight is 262 g/mol. The number of carbonyl (C=O) groups excluding carboxylic acids is 1. The molecule has 1 aromatic heterocycles. The summed E-state index contributed by atoms with van der Waals surface area (Å²) in [5.74, 6) is 0.160. The zero-order valence-corrected chi connectivity index (χ0v) is 10.4. The summed E-state index contributed by atoms with van der Waals surface area (Å²) in [4.78, 5) is 11.8. The number of rotatable bonds is 5. The van der Waals surface area contributed by atoms with Crippen LogP contribution in [0.3, 0.4) is 0 Å². The second-order valence-corrected chi connectivity index (χ2v) is 3.83. The molecule has 7 heteroatoms. The van der Waals surface area contributed by atoms with Gasteiger partial charge in [-0.1, -0.05) is 13.0 Å². The van der Waals surface area contributed by atoms with Gasteiger partial charge in [0.2, 0.25) is 11.5 Å². The van der Waals surface area contributed by atoms with Gasteiger partial charge < -0.3 is 15.8 Å². The Bertz CT molecular complexity index is 568. The maximum absolute atomic E-state index is 11.8. The smallest absolute Gasteiger partial charge is 0.281 e. The van der Waals surface area contributed by atoms with Crippen LogP contribution in [0.5, 0.6) is 5.75 Å². The van der Waals surface area contributed by atoms with Crippen molar-refractivity contribution < 1.29 is 14.2 Å². The monoisotopic (exact) mass is 262 g/mol. The largest absolute Gasteiger partial charge is 0.494 e. The Balaban J connectivity index is 2.07. The van der Waals surface area contributed by atoms with E-state index in [-0.39, 0.29) is 11.5 Å². The minimum atomic E-state index is -0.480. The lowest BCUT2D eigenvalue weighted by molar-refractivity contribution is 0.101. The highest BCUT2D eigenvalue weighted by molar-refractivity contribution is 6.05. The Morgan fingerprint density at radius 1 is 1.47 bits per heavy atom. The van der Waals surface area contributed by atoms with Gasteiger partial charge in [-0.25, -0.2) is 4.63 Å². The molecule has 100 valence electrons. The van der Waals surface area contributed by atoms with Crippen molar-refractivity contribution >= 4 is 17.4 Å². The molecular formula is C12H14N4O3. The minimum Gasteiger partial charge on any atom is -0.494 e. The van der Waals surface area contributed by atoms with Gasteiger partial charge in [0.15, 0.2) is 0 Å². The van der Waals surface area contributed by atoms with Crippen LogP contribution in [-0.2, 0) is 0 Å². The standard InChI is InChI=1S/C12H14N4O3/c1-2-6-18-9-5-3-4-8(7-9)14-12(17)10-11(13)16-19-15-10/h3-5,7H,2,6H2,1H3,(H2,13,16)(H,14,17). The highest BCUT2D eigenvalue weighted by Crippen LogP contribution is 2.18. The summed E-state index contributed by atoms with van der Waals surface area (Å²) < 4.78 is 9.84. The Morgan fingerprint density at radius 2 is 2.32 bits per heavy atom. The number of amides is 1. The van der Waals surface area contributed by atoms with Crippen LogP contribution in [0, 0.1) is 0 Å². The minimum absolute atomic E-state index is 0.0418. The van der Waals surface area contributed by atoms with E-state index in [0.717, 1.165) is 6.42 Å². The molecule has 1 aromatic carbocycles. The number of nitrogens with one attached hydrogen (secondary N) is 1. The predicted octanol–water partition coefficient (Wildman–Crippen LogP) is 1.69. The van der Waals surface area contributed by atoms with E-state index >= 15 is 0 Å². The molecule has 0 unspecified atom stereocenters. The highest BCUT2D eigenvalue weighted by Gasteiger charge is 2.16. The number of nitrogens with two attached hydrogens (primary N) is 1. The normalized spacial score (nSPS) is 10.2. The molecule has 1 heterocycles. The van der Waals surface area contributed by atoms with E-state index < -0.39 is 5.91 Å². The first-order valence-electron chi connectivity index (χ1n) is 5.83. The third-order valence-corrected chi connectivity index (χ3v) is 2.29. The van der Waals surface area contributed by atoms with Crippen LogP contribution in [0.15, 0.2) is 28.9 Å². The molecule has 0 saturated carbocycles. The molecule has 0 radical (unpaired) electrons. The van der Waals surface area contributed by atoms with Crippen molar-refractivity contribution in [2.24, 2.45) is 0 Å².